The Balaban J connectivity index is 2.89. The van der Waals surface area contributed by atoms with E-state index in [2.05, 4.69) is 19.2 Å². The fourth-order valence-corrected chi connectivity index (χ4v) is 2.49. The van der Waals surface area contributed by atoms with Crippen molar-refractivity contribution in [3.8, 4) is 0 Å². The zero-order valence-electron chi connectivity index (χ0n) is 14.4. The fourth-order valence-electron chi connectivity index (χ4n) is 2.49. The second-order valence-electron chi connectivity index (χ2n) is 7.42. The van der Waals surface area contributed by atoms with Gasteiger partial charge in [-0.1, -0.05) is 13.8 Å². The molecule has 1 fully saturated rings. The Labute approximate surface area is 128 Å². The lowest BCUT2D eigenvalue weighted by molar-refractivity contribution is -0.156. The van der Waals surface area contributed by atoms with E-state index in [0.717, 1.165) is 0 Å². The first-order valence-corrected chi connectivity index (χ1v) is 7.69. The molecule has 0 saturated carbocycles. The lowest BCUT2D eigenvalue weighted by atomic mass is 9.91. The fraction of sp³-hybridized carbons (Fsp3) is 0.875. The number of amides is 2. The minimum Gasteiger partial charge on any atom is -0.379 e. The highest BCUT2D eigenvalue weighted by atomic mass is 16.5. The van der Waals surface area contributed by atoms with Crippen LogP contribution in [0.15, 0.2) is 0 Å². The molecule has 1 aliphatic heterocycles. The highest BCUT2D eigenvalue weighted by Gasteiger charge is 2.46. The van der Waals surface area contributed by atoms with E-state index in [4.69, 9.17) is 4.74 Å². The van der Waals surface area contributed by atoms with E-state index in [-0.39, 0.29) is 17.4 Å². The lowest BCUT2D eigenvalue weighted by Crippen LogP contribution is -2.68. The summed E-state index contributed by atoms with van der Waals surface area (Å²) in [5, 5.41) is 2.87. The van der Waals surface area contributed by atoms with Gasteiger partial charge in [0.25, 0.3) is 0 Å². The van der Waals surface area contributed by atoms with Crippen molar-refractivity contribution in [1.29, 1.82) is 0 Å². The van der Waals surface area contributed by atoms with Crippen molar-refractivity contribution < 1.29 is 14.3 Å². The maximum atomic E-state index is 12.7. The third-order valence-electron chi connectivity index (χ3n) is 4.30. The molecule has 1 N–H and O–H groups in total. The van der Waals surface area contributed by atoms with E-state index in [0.29, 0.717) is 25.3 Å². The second-order valence-corrected chi connectivity index (χ2v) is 7.42. The third kappa shape index (κ3) is 4.19. The van der Waals surface area contributed by atoms with Gasteiger partial charge in [-0.25, -0.2) is 0 Å². The number of rotatable bonds is 6. The van der Waals surface area contributed by atoms with Gasteiger partial charge in [0.2, 0.25) is 11.8 Å². The highest BCUT2D eigenvalue weighted by Crippen LogP contribution is 2.25. The summed E-state index contributed by atoms with van der Waals surface area (Å²) in [5.41, 5.74) is -1.12. The highest BCUT2D eigenvalue weighted by molar-refractivity contribution is 5.99. The number of carbonyl (C=O) groups is 2. The van der Waals surface area contributed by atoms with E-state index in [1.54, 1.807) is 25.9 Å². The van der Waals surface area contributed by atoms with Crippen molar-refractivity contribution >= 4 is 11.8 Å². The van der Waals surface area contributed by atoms with Crippen LogP contribution in [0.2, 0.25) is 0 Å². The lowest BCUT2D eigenvalue weighted by Gasteiger charge is -2.45. The van der Waals surface area contributed by atoms with Crippen LogP contribution in [0.1, 0.15) is 54.4 Å². The normalized spacial score (nSPS) is 22.7. The van der Waals surface area contributed by atoms with E-state index < -0.39 is 11.6 Å². The topological polar surface area (TPSA) is 58.6 Å². The number of piperazine rings is 1. The minimum absolute atomic E-state index is 0.0141. The molecule has 0 aromatic heterocycles. The van der Waals surface area contributed by atoms with Crippen LogP contribution in [0.25, 0.3) is 0 Å². The molecule has 1 heterocycles. The van der Waals surface area contributed by atoms with Crippen molar-refractivity contribution in [2.24, 2.45) is 5.92 Å². The molecule has 0 aromatic carbocycles. The Bertz CT molecular complexity index is 402. The summed E-state index contributed by atoms with van der Waals surface area (Å²) in [4.78, 5) is 26.7. The third-order valence-corrected chi connectivity index (χ3v) is 4.30. The molecule has 1 aliphatic rings. The Hall–Kier alpha value is -1.10. The van der Waals surface area contributed by atoms with Gasteiger partial charge in [-0.2, -0.15) is 0 Å². The molecular weight excluding hydrogens is 268 g/mol. The number of hydrogen-bond donors (Lipinski definition) is 1. The number of nitrogens with one attached hydrogen (secondary N) is 1. The Morgan fingerprint density at radius 2 is 1.90 bits per heavy atom. The van der Waals surface area contributed by atoms with E-state index >= 15 is 0 Å². The van der Waals surface area contributed by atoms with Gasteiger partial charge in [0.05, 0.1) is 5.60 Å². The molecule has 0 aliphatic carbocycles. The minimum atomic E-state index is -0.811. The Morgan fingerprint density at radius 1 is 1.33 bits per heavy atom. The van der Waals surface area contributed by atoms with Gasteiger partial charge in [-0.15, -0.1) is 0 Å². The maximum Gasteiger partial charge on any atom is 0.246 e. The van der Waals surface area contributed by atoms with Crippen LogP contribution in [0.3, 0.4) is 0 Å². The SMILES string of the molecule is COC(C)(C)CCN1C(=O)C(CC(C)C)NC(=O)C1(C)C. The molecule has 5 nitrogen and oxygen atoms in total. The molecule has 21 heavy (non-hydrogen) atoms. The smallest absolute Gasteiger partial charge is 0.246 e. The molecule has 1 rings (SSSR count). The predicted octanol–water partition coefficient (Wildman–Crippen LogP) is 1.95. The first-order chi connectivity index (χ1) is 9.51. The van der Waals surface area contributed by atoms with Crippen LogP contribution in [-0.4, -0.2) is 47.6 Å². The van der Waals surface area contributed by atoms with Crippen molar-refractivity contribution in [3.05, 3.63) is 0 Å². The van der Waals surface area contributed by atoms with Crippen LogP contribution in [0.4, 0.5) is 0 Å². The van der Waals surface area contributed by atoms with Gasteiger partial charge >= 0.3 is 0 Å². The number of methoxy groups -OCH3 is 1. The molecule has 2 amide bonds. The second kappa shape index (κ2) is 6.34. The zero-order chi connectivity index (χ0) is 16.4. The average molecular weight is 298 g/mol. The van der Waals surface area contributed by atoms with Crippen LogP contribution >= 0.6 is 0 Å². The molecule has 0 spiro atoms. The van der Waals surface area contributed by atoms with Crippen LogP contribution in [-0.2, 0) is 14.3 Å². The molecule has 1 saturated heterocycles. The summed E-state index contributed by atoms with van der Waals surface area (Å²) in [6.07, 6.45) is 1.37. The van der Waals surface area contributed by atoms with Gasteiger partial charge < -0.3 is 15.0 Å². The quantitative estimate of drug-likeness (QED) is 0.815. The van der Waals surface area contributed by atoms with E-state index in [1.807, 2.05) is 13.8 Å². The van der Waals surface area contributed by atoms with Gasteiger partial charge in [0.1, 0.15) is 11.6 Å². The van der Waals surface area contributed by atoms with Crippen LogP contribution < -0.4 is 5.32 Å². The standard InChI is InChI=1S/C16H30N2O3/c1-11(2)10-12-13(19)18(9-8-15(3,4)21-7)16(5,6)14(20)17-12/h11-12H,8-10H2,1-7H3,(H,17,20). The van der Waals surface area contributed by atoms with Gasteiger partial charge in [0, 0.05) is 13.7 Å². The maximum absolute atomic E-state index is 12.7. The van der Waals surface area contributed by atoms with Gasteiger partial charge in [-0.3, -0.25) is 9.59 Å². The van der Waals surface area contributed by atoms with Crippen molar-refractivity contribution in [3.63, 3.8) is 0 Å². The molecule has 0 radical (unpaired) electrons. The number of nitrogens with zero attached hydrogens (tertiary/aromatic N) is 1. The van der Waals surface area contributed by atoms with Gasteiger partial charge in [0.15, 0.2) is 0 Å². The Morgan fingerprint density at radius 3 is 2.38 bits per heavy atom. The number of carbonyl (C=O) groups excluding carboxylic acids is 2. The van der Waals surface area contributed by atoms with E-state index in [1.165, 1.54) is 0 Å². The molecule has 0 aromatic rings. The van der Waals surface area contributed by atoms with Crippen LogP contribution in [0.5, 0.6) is 0 Å². The summed E-state index contributed by atoms with van der Waals surface area (Å²) < 4.78 is 5.41. The summed E-state index contributed by atoms with van der Waals surface area (Å²) in [7, 11) is 1.66. The zero-order valence-corrected chi connectivity index (χ0v) is 14.4. The van der Waals surface area contributed by atoms with Crippen molar-refractivity contribution in [2.75, 3.05) is 13.7 Å². The predicted molar refractivity (Wildman–Crippen MR) is 82.9 cm³/mol. The molecule has 0 bridgehead atoms. The summed E-state index contributed by atoms with van der Waals surface area (Å²) in [5.74, 6) is 0.293. The molecule has 5 heteroatoms. The summed E-state index contributed by atoms with van der Waals surface area (Å²) in [6.45, 7) is 12.2. The monoisotopic (exact) mass is 298 g/mol. The van der Waals surface area contributed by atoms with E-state index in [9.17, 15) is 9.59 Å². The first-order valence-electron chi connectivity index (χ1n) is 7.69. The average Bonchev–Trinajstić information content (AvgIpc) is 2.35. The van der Waals surface area contributed by atoms with Gasteiger partial charge in [-0.05, 0) is 46.5 Å². The Kier molecular flexibility index (Phi) is 5.42. The van der Waals surface area contributed by atoms with Crippen LogP contribution in [0, 0.1) is 5.92 Å². The van der Waals surface area contributed by atoms with Crippen molar-refractivity contribution in [2.45, 2.75) is 71.6 Å². The molecular formula is C16H30N2O3. The number of hydrogen-bond acceptors (Lipinski definition) is 3. The molecule has 1 atom stereocenters. The molecule has 1 unspecified atom stereocenters. The first kappa shape index (κ1) is 18.0. The largest absolute Gasteiger partial charge is 0.379 e. The van der Waals surface area contributed by atoms with Crippen molar-refractivity contribution in [1.82, 2.24) is 10.2 Å². The summed E-state index contributed by atoms with van der Waals surface area (Å²) in [6, 6.07) is -0.406. The molecule has 122 valence electrons. The summed E-state index contributed by atoms with van der Waals surface area (Å²) >= 11 is 0. The number of ether oxygens (including phenoxy) is 1.